The second-order valence-corrected chi connectivity index (χ2v) is 6.87. The molecule has 1 atom stereocenters. The lowest BCUT2D eigenvalue weighted by molar-refractivity contribution is -0.145. The van der Waals surface area contributed by atoms with Crippen molar-refractivity contribution in [3.8, 4) is 0 Å². The molecule has 0 spiro atoms. The van der Waals surface area contributed by atoms with Gasteiger partial charge in [-0.2, -0.15) is 0 Å². The highest BCUT2D eigenvalue weighted by atomic mass is 16.6. The van der Waals surface area contributed by atoms with Crippen molar-refractivity contribution < 1.29 is 19.4 Å². The smallest absolute Gasteiger partial charge is 0.408 e. The van der Waals surface area contributed by atoms with Gasteiger partial charge in [0.25, 0.3) is 0 Å². The van der Waals surface area contributed by atoms with Crippen molar-refractivity contribution in [2.45, 2.75) is 38.3 Å². The van der Waals surface area contributed by atoms with E-state index in [9.17, 15) is 14.7 Å². The molecule has 0 aliphatic rings. The van der Waals surface area contributed by atoms with Crippen LogP contribution in [0.3, 0.4) is 0 Å². The highest BCUT2D eigenvalue weighted by molar-refractivity contribution is 5.86. The van der Waals surface area contributed by atoms with Gasteiger partial charge in [0.05, 0.1) is 0 Å². The molecule has 0 fully saturated rings. The third-order valence-electron chi connectivity index (χ3n) is 3.66. The second-order valence-electron chi connectivity index (χ2n) is 6.87. The quantitative estimate of drug-likeness (QED) is 0.869. The summed E-state index contributed by atoms with van der Waals surface area (Å²) in [4.78, 5) is 24.6. The molecule has 0 aliphatic carbocycles. The first-order valence-corrected chi connectivity index (χ1v) is 8.07. The Morgan fingerprint density at radius 3 is 1.96 bits per heavy atom. The summed E-state index contributed by atoms with van der Waals surface area (Å²) in [6, 6.07) is 17.9. The molecule has 2 aromatic carbocycles. The van der Waals surface area contributed by atoms with Crippen LogP contribution in [0, 0.1) is 0 Å². The Bertz CT molecular complexity index is 722. The van der Waals surface area contributed by atoms with Crippen LogP contribution < -0.4 is 5.32 Å². The summed E-state index contributed by atoms with van der Waals surface area (Å²) in [6.45, 7) is 5.19. The SMILES string of the molecule is CC(C)(C)OC(=O)N[C@](Cc1ccccc1)(C(=O)O)c1ccccc1. The van der Waals surface area contributed by atoms with Gasteiger partial charge < -0.3 is 15.2 Å². The van der Waals surface area contributed by atoms with Crippen molar-refractivity contribution in [3.05, 3.63) is 71.8 Å². The van der Waals surface area contributed by atoms with Crippen LogP contribution in [0.4, 0.5) is 4.79 Å². The van der Waals surface area contributed by atoms with E-state index in [-0.39, 0.29) is 6.42 Å². The van der Waals surface area contributed by atoms with Crippen LogP contribution in [0.2, 0.25) is 0 Å². The van der Waals surface area contributed by atoms with Crippen LogP contribution in [0.5, 0.6) is 0 Å². The van der Waals surface area contributed by atoms with E-state index in [1.165, 1.54) is 0 Å². The van der Waals surface area contributed by atoms with Crippen LogP contribution in [0.1, 0.15) is 31.9 Å². The second kappa shape index (κ2) is 7.38. The Kier molecular flexibility index (Phi) is 5.47. The Balaban J connectivity index is 2.45. The fraction of sp³-hybridized carbons (Fsp3) is 0.300. The molecule has 5 nitrogen and oxygen atoms in total. The van der Waals surface area contributed by atoms with Crippen LogP contribution in [0.25, 0.3) is 0 Å². The number of rotatable bonds is 5. The zero-order valence-electron chi connectivity index (χ0n) is 14.7. The van der Waals surface area contributed by atoms with Gasteiger partial charge in [-0.05, 0) is 31.9 Å². The molecule has 0 bridgehead atoms. The molecule has 2 aromatic rings. The van der Waals surface area contributed by atoms with Gasteiger partial charge in [-0.1, -0.05) is 60.7 Å². The standard InChI is InChI=1S/C20H23NO4/c1-19(2,3)25-18(24)21-20(17(22)23,16-12-8-5-9-13-16)14-15-10-6-4-7-11-15/h4-13H,14H2,1-3H3,(H,21,24)(H,22,23)/t20-/m0/s1. The molecule has 132 valence electrons. The van der Waals surface area contributed by atoms with Crippen LogP contribution in [-0.2, 0) is 21.5 Å². The Labute approximate surface area is 147 Å². The molecule has 25 heavy (non-hydrogen) atoms. The number of carboxylic acid groups (broad SMARTS) is 1. The molecular weight excluding hydrogens is 318 g/mol. The van der Waals surface area contributed by atoms with E-state index in [0.717, 1.165) is 5.56 Å². The van der Waals surface area contributed by atoms with Gasteiger partial charge >= 0.3 is 12.1 Å². The number of amides is 1. The topological polar surface area (TPSA) is 75.6 Å². The lowest BCUT2D eigenvalue weighted by Gasteiger charge is -2.32. The fourth-order valence-electron chi connectivity index (χ4n) is 2.57. The molecule has 0 radical (unpaired) electrons. The fourth-order valence-corrected chi connectivity index (χ4v) is 2.57. The number of aliphatic carboxylic acids is 1. The molecule has 1 amide bonds. The molecule has 2 N–H and O–H groups in total. The monoisotopic (exact) mass is 341 g/mol. The molecule has 0 aliphatic heterocycles. The number of hydrogen-bond donors (Lipinski definition) is 2. The minimum absolute atomic E-state index is 0.104. The van der Waals surface area contributed by atoms with Crippen molar-refractivity contribution >= 4 is 12.1 Å². The predicted octanol–water partition coefficient (Wildman–Crippen LogP) is 3.73. The van der Waals surface area contributed by atoms with Crippen molar-refractivity contribution in [2.75, 3.05) is 0 Å². The van der Waals surface area contributed by atoms with Crippen LogP contribution in [0.15, 0.2) is 60.7 Å². The summed E-state index contributed by atoms with van der Waals surface area (Å²) in [6.07, 6.45) is -0.665. The molecule has 0 saturated carbocycles. The van der Waals surface area contributed by atoms with E-state index in [4.69, 9.17) is 4.74 Å². The number of carboxylic acids is 1. The summed E-state index contributed by atoms with van der Waals surface area (Å²) < 4.78 is 5.29. The normalized spacial score (nSPS) is 13.6. The van der Waals surface area contributed by atoms with Crippen molar-refractivity contribution in [1.82, 2.24) is 5.32 Å². The van der Waals surface area contributed by atoms with Gasteiger partial charge in [0, 0.05) is 6.42 Å². The Morgan fingerprint density at radius 1 is 0.960 bits per heavy atom. The van der Waals surface area contributed by atoms with Crippen LogP contribution >= 0.6 is 0 Å². The largest absolute Gasteiger partial charge is 0.479 e. The highest BCUT2D eigenvalue weighted by Crippen LogP contribution is 2.27. The summed E-state index contributed by atoms with van der Waals surface area (Å²) >= 11 is 0. The van der Waals surface area contributed by atoms with E-state index >= 15 is 0 Å². The molecule has 0 aromatic heterocycles. The number of carbonyl (C=O) groups excluding carboxylic acids is 1. The zero-order chi connectivity index (χ0) is 18.5. The number of hydrogen-bond acceptors (Lipinski definition) is 3. The zero-order valence-corrected chi connectivity index (χ0v) is 14.7. The minimum Gasteiger partial charge on any atom is -0.479 e. The van der Waals surface area contributed by atoms with Gasteiger partial charge in [-0.3, -0.25) is 0 Å². The maximum atomic E-state index is 12.3. The average Bonchev–Trinajstić information content (AvgIpc) is 2.54. The third kappa shape index (κ3) is 4.83. The highest BCUT2D eigenvalue weighted by Gasteiger charge is 2.43. The van der Waals surface area contributed by atoms with Gasteiger partial charge in [0.15, 0.2) is 5.54 Å². The predicted molar refractivity (Wildman–Crippen MR) is 95.3 cm³/mol. The summed E-state index contributed by atoms with van der Waals surface area (Å²) in [7, 11) is 0. The van der Waals surface area contributed by atoms with Gasteiger partial charge in [-0.25, -0.2) is 9.59 Å². The van der Waals surface area contributed by atoms with E-state index in [1.54, 1.807) is 51.1 Å². The number of nitrogens with one attached hydrogen (secondary N) is 1. The Morgan fingerprint density at radius 2 is 1.48 bits per heavy atom. The van der Waals surface area contributed by atoms with Crippen molar-refractivity contribution in [2.24, 2.45) is 0 Å². The number of benzene rings is 2. The summed E-state index contributed by atoms with van der Waals surface area (Å²) in [5, 5.41) is 12.6. The maximum absolute atomic E-state index is 12.3. The first kappa shape index (κ1) is 18.5. The van der Waals surface area contributed by atoms with E-state index in [0.29, 0.717) is 5.56 Å². The minimum atomic E-state index is -1.62. The first-order chi connectivity index (χ1) is 11.7. The van der Waals surface area contributed by atoms with Gasteiger partial charge in [-0.15, -0.1) is 0 Å². The van der Waals surface area contributed by atoms with Crippen LogP contribution in [-0.4, -0.2) is 22.8 Å². The summed E-state index contributed by atoms with van der Waals surface area (Å²) in [5.41, 5.74) is -1.06. The average molecular weight is 341 g/mol. The Hall–Kier alpha value is -2.82. The molecule has 0 saturated heterocycles. The summed E-state index contributed by atoms with van der Waals surface area (Å²) in [5.74, 6) is -1.14. The van der Waals surface area contributed by atoms with Crippen molar-refractivity contribution in [1.29, 1.82) is 0 Å². The molecular formula is C20H23NO4. The number of carbonyl (C=O) groups is 2. The molecule has 2 rings (SSSR count). The van der Waals surface area contributed by atoms with Crippen molar-refractivity contribution in [3.63, 3.8) is 0 Å². The lowest BCUT2D eigenvalue weighted by Crippen LogP contribution is -2.54. The maximum Gasteiger partial charge on any atom is 0.408 e. The lowest BCUT2D eigenvalue weighted by atomic mass is 9.84. The van der Waals surface area contributed by atoms with Gasteiger partial charge in [0.1, 0.15) is 5.60 Å². The van der Waals surface area contributed by atoms with Gasteiger partial charge in [0.2, 0.25) is 0 Å². The number of alkyl carbamates (subject to hydrolysis) is 1. The van der Waals surface area contributed by atoms with E-state index in [1.807, 2.05) is 30.3 Å². The molecule has 0 unspecified atom stereocenters. The van der Waals surface area contributed by atoms with E-state index < -0.39 is 23.2 Å². The first-order valence-electron chi connectivity index (χ1n) is 8.07. The van der Waals surface area contributed by atoms with E-state index in [2.05, 4.69) is 5.32 Å². The molecule has 0 heterocycles. The molecule has 5 heteroatoms. The third-order valence-corrected chi connectivity index (χ3v) is 3.66. The number of ether oxygens (including phenoxy) is 1.